The summed E-state index contributed by atoms with van der Waals surface area (Å²) >= 11 is 0. The molecule has 4 rings (SSSR count). The zero-order chi connectivity index (χ0) is 19.7. The Labute approximate surface area is 165 Å². The van der Waals surface area contributed by atoms with Gasteiger partial charge in [-0.1, -0.05) is 30.3 Å². The highest BCUT2D eigenvalue weighted by Gasteiger charge is 2.49. The molecule has 0 unspecified atom stereocenters. The molecule has 0 saturated carbocycles. The highest BCUT2D eigenvalue weighted by molar-refractivity contribution is 5.96. The second-order valence-corrected chi connectivity index (χ2v) is 7.45. The normalized spacial score (nSPS) is 23.6. The van der Waals surface area contributed by atoms with Gasteiger partial charge in [-0.3, -0.25) is 9.59 Å². The number of fused-ring (bicyclic) bond motifs is 1. The number of likely N-dealkylation sites (tertiary alicyclic amines) is 2. The van der Waals surface area contributed by atoms with Crippen molar-refractivity contribution in [2.75, 3.05) is 26.2 Å². The molecule has 28 heavy (non-hydrogen) atoms. The minimum absolute atomic E-state index is 0.0155. The topological polar surface area (TPSA) is 62.7 Å². The molecular weight excluding hydrogens is 354 g/mol. The first kappa shape index (κ1) is 18.5. The lowest BCUT2D eigenvalue weighted by Gasteiger charge is -2.29. The Morgan fingerprint density at radius 2 is 1.89 bits per heavy atom. The summed E-state index contributed by atoms with van der Waals surface area (Å²) in [5.41, 5.74) is 1.64. The molecule has 0 aliphatic carbocycles. The van der Waals surface area contributed by atoms with Crippen molar-refractivity contribution in [1.82, 2.24) is 14.8 Å². The Balaban J connectivity index is 1.58. The maximum Gasteiger partial charge on any atom is 0.259 e. The molecule has 2 aromatic rings. The summed E-state index contributed by atoms with van der Waals surface area (Å²) in [6, 6.07) is 13.7. The Bertz CT molecular complexity index is 870. The van der Waals surface area contributed by atoms with E-state index >= 15 is 0 Å². The van der Waals surface area contributed by atoms with Gasteiger partial charge in [0.05, 0.1) is 12.6 Å². The van der Waals surface area contributed by atoms with Crippen LogP contribution in [0.3, 0.4) is 0 Å². The fraction of sp³-hybridized carbons (Fsp3) is 0.409. The summed E-state index contributed by atoms with van der Waals surface area (Å²) in [5.74, 6) is 0.948. The van der Waals surface area contributed by atoms with Gasteiger partial charge in [0.25, 0.3) is 5.91 Å². The monoisotopic (exact) mass is 379 g/mol. The molecule has 2 aliphatic heterocycles. The van der Waals surface area contributed by atoms with E-state index in [9.17, 15) is 9.59 Å². The van der Waals surface area contributed by atoms with Gasteiger partial charge in [-0.25, -0.2) is 4.98 Å². The van der Waals surface area contributed by atoms with Crippen LogP contribution in [-0.4, -0.2) is 52.8 Å². The zero-order valence-electron chi connectivity index (χ0n) is 16.2. The van der Waals surface area contributed by atoms with Crippen LogP contribution >= 0.6 is 0 Å². The number of rotatable bonds is 4. The number of carbonyl (C=O) groups excluding carboxylic acids is 2. The van der Waals surface area contributed by atoms with E-state index < -0.39 is 0 Å². The molecule has 2 saturated heterocycles. The lowest BCUT2D eigenvalue weighted by Crippen LogP contribution is -2.36. The van der Waals surface area contributed by atoms with Crippen molar-refractivity contribution < 1.29 is 14.3 Å². The van der Waals surface area contributed by atoms with Crippen molar-refractivity contribution in [1.29, 1.82) is 0 Å². The number of hydrogen-bond donors (Lipinski definition) is 0. The zero-order valence-corrected chi connectivity index (χ0v) is 16.2. The number of pyridine rings is 1. The summed E-state index contributed by atoms with van der Waals surface area (Å²) in [7, 11) is 0. The molecule has 2 aliphatic rings. The number of ether oxygens (including phenoxy) is 1. The van der Waals surface area contributed by atoms with E-state index in [1.54, 1.807) is 25.3 Å². The molecule has 3 atom stereocenters. The van der Waals surface area contributed by atoms with Gasteiger partial charge in [0.15, 0.2) is 0 Å². The molecule has 0 spiro atoms. The summed E-state index contributed by atoms with van der Waals surface area (Å²) in [4.78, 5) is 33.5. The molecule has 2 fully saturated rings. The fourth-order valence-electron chi connectivity index (χ4n) is 4.59. The molecule has 1 aromatic heterocycles. The number of amides is 2. The van der Waals surface area contributed by atoms with E-state index in [-0.39, 0.29) is 29.7 Å². The van der Waals surface area contributed by atoms with Gasteiger partial charge in [0.2, 0.25) is 11.8 Å². The SMILES string of the molecule is CCOc1ncccc1C(=O)N1C[C@@H]2CN(C(C)=O)[C@H](c3ccccc3)[C@@H]2C1. The highest BCUT2D eigenvalue weighted by atomic mass is 16.5. The van der Waals surface area contributed by atoms with Gasteiger partial charge in [0, 0.05) is 44.6 Å². The highest BCUT2D eigenvalue weighted by Crippen LogP contribution is 2.45. The lowest BCUT2D eigenvalue weighted by molar-refractivity contribution is -0.130. The van der Waals surface area contributed by atoms with Crippen LogP contribution in [0, 0.1) is 11.8 Å². The molecule has 6 nitrogen and oxygen atoms in total. The summed E-state index contributed by atoms with van der Waals surface area (Å²) in [6.07, 6.45) is 1.64. The Hall–Kier alpha value is -2.89. The number of nitrogens with zero attached hydrogens (tertiary/aromatic N) is 3. The predicted octanol–water partition coefficient (Wildman–Crippen LogP) is 2.77. The van der Waals surface area contributed by atoms with Crippen LogP contribution in [0.5, 0.6) is 5.88 Å². The molecule has 0 N–H and O–H groups in total. The van der Waals surface area contributed by atoms with Crippen molar-refractivity contribution >= 4 is 11.8 Å². The maximum absolute atomic E-state index is 13.2. The van der Waals surface area contributed by atoms with Crippen LogP contribution in [0.15, 0.2) is 48.7 Å². The second-order valence-electron chi connectivity index (χ2n) is 7.45. The Kier molecular flexibility index (Phi) is 5.03. The molecule has 0 bridgehead atoms. The van der Waals surface area contributed by atoms with Crippen molar-refractivity contribution in [2.45, 2.75) is 19.9 Å². The smallest absolute Gasteiger partial charge is 0.259 e. The van der Waals surface area contributed by atoms with Crippen LogP contribution in [0.4, 0.5) is 0 Å². The van der Waals surface area contributed by atoms with Gasteiger partial charge in [-0.05, 0) is 24.6 Å². The minimum Gasteiger partial charge on any atom is -0.477 e. The minimum atomic E-state index is -0.0489. The van der Waals surface area contributed by atoms with E-state index in [1.165, 1.54) is 0 Å². The third-order valence-electron chi connectivity index (χ3n) is 5.78. The first-order valence-corrected chi connectivity index (χ1v) is 9.79. The predicted molar refractivity (Wildman–Crippen MR) is 105 cm³/mol. The quantitative estimate of drug-likeness (QED) is 0.820. The Morgan fingerprint density at radius 3 is 2.61 bits per heavy atom. The lowest BCUT2D eigenvalue weighted by atomic mass is 9.89. The van der Waals surface area contributed by atoms with Crippen LogP contribution in [0.25, 0.3) is 0 Å². The van der Waals surface area contributed by atoms with Gasteiger partial charge in [-0.2, -0.15) is 0 Å². The second kappa shape index (κ2) is 7.62. The summed E-state index contributed by atoms with van der Waals surface area (Å²) in [6.45, 7) is 5.94. The third kappa shape index (κ3) is 3.23. The Morgan fingerprint density at radius 1 is 1.11 bits per heavy atom. The van der Waals surface area contributed by atoms with Gasteiger partial charge in [-0.15, -0.1) is 0 Å². The van der Waals surface area contributed by atoms with Crippen molar-refractivity contribution in [3.63, 3.8) is 0 Å². The van der Waals surface area contributed by atoms with E-state index in [0.29, 0.717) is 37.7 Å². The van der Waals surface area contributed by atoms with Gasteiger partial charge in [0.1, 0.15) is 5.56 Å². The van der Waals surface area contributed by atoms with E-state index in [0.717, 1.165) is 5.56 Å². The standard InChI is InChI=1S/C22H25N3O3/c1-3-28-21-18(10-7-11-23-21)22(27)24-12-17-13-25(15(2)26)20(19(17)14-24)16-8-5-4-6-9-16/h4-11,17,19-20H,3,12-14H2,1-2H3/t17-,19-,20-/m1/s1. The average Bonchev–Trinajstić information content (AvgIpc) is 3.27. The van der Waals surface area contributed by atoms with Crippen molar-refractivity contribution in [3.8, 4) is 5.88 Å². The van der Waals surface area contributed by atoms with Crippen LogP contribution in [0.2, 0.25) is 0 Å². The summed E-state index contributed by atoms with van der Waals surface area (Å²) in [5, 5.41) is 0. The van der Waals surface area contributed by atoms with Crippen molar-refractivity contribution in [3.05, 3.63) is 59.8 Å². The molecule has 6 heteroatoms. The number of benzene rings is 1. The molecule has 0 radical (unpaired) electrons. The fourth-order valence-corrected chi connectivity index (χ4v) is 4.59. The van der Waals surface area contributed by atoms with E-state index in [1.807, 2.05) is 34.9 Å². The maximum atomic E-state index is 13.2. The van der Waals surface area contributed by atoms with E-state index in [2.05, 4.69) is 17.1 Å². The number of carbonyl (C=O) groups is 2. The summed E-state index contributed by atoms with van der Waals surface area (Å²) < 4.78 is 5.54. The van der Waals surface area contributed by atoms with Gasteiger partial charge >= 0.3 is 0 Å². The van der Waals surface area contributed by atoms with Crippen molar-refractivity contribution in [2.24, 2.45) is 11.8 Å². The van der Waals surface area contributed by atoms with Crippen LogP contribution < -0.4 is 4.74 Å². The van der Waals surface area contributed by atoms with Crippen LogP contribution in [0.1, 0.15) is 35.8 Å². The third-order valence-corrected chi connectivity index (χ3v) is 5.78. The average molecular weight is 379 g/mol. The largest absolute Gasteiger partial charge is 0.477 e. The first-order chi connectivity index (χ1) is 13.6. The number of hydrogen-bond acceptors (Lipinski definition) is 4. The molecule has 3 heterocycles. The molecule has 146 valence electrons. The molecular formula is C22H25N3O3. The first-order valence-electron chi connectivity index (χ1n) is 9.79. The van der Waals surface area contributed by atoms with Gasteiger partial charge < -0.3 is 14.5 Å². The van der Waals surface area contributed by atoms with Crippen LogP contribution in [-0.2, 0) is 4.79 Å². The van der Waals surface area contributed by atoms with E-state index in [4.69, 9.17) is 4.74 Å². The number of aromatic nitrogens is 1. The molecule has 2 amide bonds. The molecule has 1 aromatic carbocycles.